The Morgan fingerprint density at radius 1 is 0.509 bits per heavy atom. The maximum Gasteiger partial charge on any atom is 0.159 e. The van der Waals surface area contributed by atoms with Crippen molar-refractivity contribution >= 4 is 86.9 Å². The van der Waals surface area contributed by atoms with Crippen LogP contribution in [0.3, 0.4) is 0 Å². The van der Waals surface area contributed by atoms with E-state index in [4.69, 9.17) is 14.4 Å². The molecule has 0 spiro atoms. The number of furan rings is 1. The van der Waals surface area contributed by atoms with Gasteiger partial charge in [-0.25, -0.2) is 9.98 Å². The summed E-state index contributed by atoms with van der Waals surface area (Å²) in [5.74, 6) is 1.45. The number of aromatic nitrogens is 1. The molecule has 1 atom stereocenters. The largest absolute Gasteiger partial charge is 0.456 e. The molecule has 8 aromatic carbocycles. The molecule has 3 aromatic heterocycles. The number of thiophene rings is 1. The minimum absolute atomic E-state index is 0.343. The Morgan fingerprint density at radius 3 is 2.04 bits per heavy atom. The third-order valence-corrected chi connectivity index (χ3v) is 12.4. The number of nitrogens with one attached hydrogen (secondary N) is 1. The molecule has 6 heteroatoms. The quantitative estimate of drug-likeness (QED) is 0.191. The van der Waals surface area contributed by atoms with E-state index >= 15 is 0 Å². The molecule has 1 unspecified atom stereocenters. The van der Waals surface area contributed by atoms with Gasteiger partial charge in [0.1, 0.15) is 23.2 Å². The molecule has 11 aromatic rings. The highest BCUT2D eigenvalue weighted by molar-refractivity contribution is 7.26. The summed E-state index contributed by atoms with van der Waals surface area (Å²) in [5.41, 5.74) is 10.7. The molecule has 0 aliphatic carbocycles. The van der Waals surface area contributed by atoms with Gasteiger partial charge in [0.15, 0.2) is 5.84 Å². The van der Waals surface area contributed by atoms with Gasteiger partial charge in [-0.3, -0.25) is 0 Å². The van der Waals surface area contributed by atoms with Gasteiger partial charge in [0.05, 0.1) is 16.7 Å². The minimum Gasteiger partial charge on any atom is -0.456 e. The van der Waals surface area contributed by atoms with E-state index in [-0.39, 0.29) is 6.17 Å². The van der Waals surface area contributed by atoms with Crippen molar-refractivity contribution in [3.05, 3.63) is 199 Å². The average molecular weight is 749 g/mol. The van der Waals surface area contributed by atoms with Crippen LogP contribution in [0.25, 0.3) is 80.7 Å². The highest BCUT2D eigenvalue weighted by atomic mass is 32.1. The Morgan fingerprint density at radius 2 is 1.19 bits per heavy atom. The minimum atomic E-state index is -0.343. The Hall–Kier alpha value is -7.28. The van der Waals surface area contributed by atoms with Gasteiger partial charge in [0, 0.05) is 58.4 Å². The number of fused-ring (bicyclic) bond motifs is 9. The van der Waals surface area contributed by atoms with Crippen LogP contribution in [0.4, 0.5) is 0 Å². The van der Waals surface area contributed by atoms with Gasteiger partial charge in [0.2, 0.25) is 0 Å². The van der Waals surface area contributed by atoms with E-state index in [9.17, 15) is 0 Å². The second kappa shape index (κ2) is 12.6. The van der Waals surface area contributed by atoms with Crippen LogP contribution in [-0.2, 0) is 0 Å². The molecule has 268 valence electrons. The van der Waals surface area contributed by atoms with Gasteiger partial charge in [-0.15, -0.1) is 11.3 Å². The fourth-order valence-electron chi connectivity index (χ4n) is 8.67. The Labute approximate surface area is 331 Å². The van der Waals surface area contributed by atoms with Crippen LogP contribution < -0.4 is 5.32 Å². The third kappa shape index (κ3) is 5.08. The van der Waals surface area contributed by atoms with Crippen molar-refractivity contribution in [2.45, 2.75) is 6.17 Å². The predicted octanol–water partition coefficient (Wildman–Crippen LogP) is 13.2. The summed E-state index contributed by atoms with van der Waals surface area (Å²) in [6, 6.07) is 64.5. The van der Waals surface area contributed by atoms with Gasteiger partial charge in [-0.1, -0.05) is 133 Å². The lowest BCUT2D eigenvalue weighted by Gasteiger charge is -2.23. The second-order valence-corrected chi connectivity index (χ2v) is 15.6. The van der Waals surface area contributed by atoms with Crippen molar-refractivity contribution in [1.82, 2.24) is 9.88 Å². The van der Waals surface area contributed by atoms with E-state index in [1.54, 1.807) is 0 Å². The Balaban J connectivity index is 0.980. The highest BCUT2D eigenvalue weighted by Crippen LogP contribution is 2.44. The maximum atomic E-state index is 6.28. The number of aliphatic imine (C=N–C) groups is 2. The first-order valence-electron chi connectivity index (χ1n) is 19.2. The zero-order valence-electron chi connectivity index (χ0n) is 30.6. The first-order valence-corrected chi connectivity index (χ1v) is 20.0. The smallest absolute Gasteiger partial charge is 0.159 e. The van der Waals surface area contributed by atoms with Crippen molar-refractivity contribution in [3.8, 4) is 16.8 Å². The first-order chi connectivity index (χ1) is 28.2. The predicted molar refractivity (Wildman–Crippen MR) is 238 cm³/mol. The SMILES string of the molecule is c1ccc(C2=NC(c3ccc4c(c3)sc3cccc(-c5ccccc5-n5c6ccccc6c6ccccc65)c34)NC(c3ccc4c(c3)oc3ccccc34)=N2)cc1. The fourth-order valence-corrected chi connectivity index (χ4v) is 9.85. The number of para-hydroxylation sites is 4. The number of nitrogens with zero attached hydrogens (tertiary/aromatic N) is 3. The lowest BCUT2D eigenvalue weighted by Crippen LogP contribution is -2.33. The lowest BCUT2D eigenvalue weighted by molar-refractivity contribution is 0.666. The van der Waals surface area contributed by atoms with Crippen LogP contribution in [0.1, 0.15) is 22.9 Å². The summed E-state index contributed by atoms with van der Waals surface area (Å²) in [6.07, 6.45) is -0.343. The van der Waals surface area contributed by atoms with Crippen LogP contribution in [0.2, 0.25) is 0 Å². The topological polar surface area (TPSA) is 54.8 Å². The van der Waals surface area contributed by atoms with E-state index in [0.717, 1.165) is 44.5 Å². The summed E-state index contributed by atoms with van der Waals surface area (Å²) in [6.45, 7) is 0. The standard InChI is InChI=1S/C51H32N4OS/c1-2-13-31(14-3-1)49-52-50(32-25-27-38-37-18-7-11-23-44(37)56-45(38)29-32)54-51(53-49)33-26-28-40-47(30-33)57-46-24-12-19-39(48(40)46)36-17-6-10-22-43(36)55-41-20-8-4-15-34(41)35-16-5-9-21-42(35)55/h1-30,51H,(H,52,53,54). The van der Waals surface area contributed by atoms with Crippen molar-refractivity contribution in [2.75, 3.05) is 0 Å². The molecule has 4 heterocycles. The van der Waals surface area contributed by atoms with Crippen molar-refractivity contribution in [3.63, 3.8) is 0 Å². The van der Waals surface area contributed by atoms with E-state index in [0.29, 0.717) is 5.84 Å². The van der Waals surface area contributed by atoms with E-state index in [2.05, 4.69) is 155 Å². The molecular formula is C51H32N4OS. The average Bonchev–Trinajstić information content (AvgIpc) is 3.95. The van der Waals surface area contributed by atoms with Crippen LogP contribution in [0.5, 0.6) is 0 Å². The lowest BCUT2D eigenvalue weighted by atomic mass is 9.97. The zero-order valence-corrected chi connectivity index (χ0v) is 31.4. The molecule has 0 fully saturated rings. The molecule has 0 radical (unpaired) electrons. The number of hydrogen-bond donors (Lipinski definition) is 1. The summed E-state index contributed by atoms with van der Waals surface area (Å²) >= 11 is 1.83. The Bertz CT molecular complexity index is 3410. The van der Waals surface area contributed by atoms with Crippen molar-refractivity contribution in [2.24, 2.45) is 9.98 Å². The van der Waals surface area contributed by atoms with Crippen LogP contribution in [-0.4, -0.2) is 16.2 Å². The van der Waals surface area contributed by atoms with E-state index in [1.807, 2.05) is 47.7 Å². The number of rotatable bonds is 5. The summed E-state index contributed by atoms with van der Waals surface area (Å²) in [7, 11) is 0. The first kappa shape index (κ1) is 32.0. The van der Waals surface area contributed by atoms with E-state index in [1.165, 1.54) is 58.8 Å². The number of hydrogen-bond acceptors (Lipinski definition) is 5. The van der Waals surface area contributed by atoms with Gasteiger partial charge in [-0.05, 0) is 59.7 Å². The molecule has 57 heavy (non-hydrogen) atoms. The molecule has 0 bridgehead atoms. The molecule has 12 rings (SSSR count). The molecule has 1 aliphatic rings. The summed E-state index contributed by atoms with van der Waals surface area (Å²) < 4.78 is 11.2. The molecule has 5 nitrogen and oxygen atoms in total. The van der Waals surface area contributed by atoms with E-state index < -0.39 is 0 Å². The second-order valence-electron chi connectivity index (χ2n) is 14.6. The van der Waals surface area contributed by atoms with Gasteiger partial charge >= 0.3 is 0 Å². The van der Waals surface area contributed by atoms with Gasteiger partial charge in [0.25, 0.3) is 0 Å². The van der Waals surface area contributed by atoms with Crippen molar-refractivity contribution in [1.29, 1.82) is 0 Å². The van der Waals surface area contributed by atoms with Crippen LogP contribution in [0, 0.1) is 0 Å². The maximum absolute atomic E-state index is 6.28. The fraction of sp³-hybridized carbons (Fsp3) is 0.0196. The van der Waals surface area contributed by atoms with Crippen LogP contribution in [0.15, 0.2) is 196 Å². The monoisotopic (exact) mass is 748 g/mol. The molecule has 0 amide bonds. The molecule has 0 saturated heterocycles. The highest BCUT2D eigenvalue weighted by Gasteiger charge is 2.24. The Kier molecular flexibility index (Phi) is 7.09. The normalized spacial score (nSPS) is 14.5. The summed E-state index contributed by atoms with van der Waals surface area (Å²) in [4.78, 5) is 10.3. The third-order valence-electron chi connectivity index (χ3n) is 11.3. The molecule has 1 aliphatic heterocycles. The van der Waals surface area contributed by atoms with Crippen molar-refractivity contribution < 1.29 is 4.42 Å². The zero-order chi connectivity index (χ0) is 37.5. The van der Waals surface area contributed by atoms with Gasteiger partial charge in [-0.2, -0.15) is 0 Å². The molecular weight excluding hydrogens is 717 g/mol. The summed E-state index contributed by atoms with van der Waals surface area (Å²) in [5, 5.41) is 10.9. The number of amidine groups is 2. The van der Waals surface area contributed by atoms with Gasteiger partial charge < -0.3 is 14.3 Å². The number of benzene rings is 8. The van der Waals surface area contributed by atoms with Crippen LogP contribution >= 0.6 is 11.3 Å². The molecule has 0 saturated carbocycles. The molecule has 1 N–H and O–H groups in total.